The average molecular weight is 298 g/mol. The lowest BCUT2D eigenvalue weighted by Crippen LogP contribution is -2.32. The Labute approximate surface area is 130 Å². The zero-order valence-corrected chi connectivity index (χ0v) is 12.6. The lowest BCUT2D eigenvalue weighted by Gasteiger charge is -2.23. The normalized spacial score (nSPS) is 10.1. The Morgan fingerprint density at radius 3 is 1.71 bits per heavy atom. The molecule has 3 nitrogen and oxygen atoms in total. The number of hydrogen-bond acceptors (Lipinski definition) is 2. The Bertz CT molecular complexity index is 557. The lowest BCUT2D eigenvalue weighted by atomic mass is 10.1. The summed E-state index contributed by atoms with van der Waals surface area (Å²) in [6, 6.07) is 19.8. The molecule has 0 unspecified atom stereocenters. The molecule has 4 heteroatoms. The van der Waals surface area contributed by atoms with Gasteiger partial charge in [-0.15, -0.1) is 0 Å². The summed E-state index contributed by atoms with van der Waals surface area (Å²) < 4.78 is 0. The van der Waals surface area contributed by atoms with Crippen LogP contribution in [0.3, 0.4) is 0 Å². The predicted molar refractivity (Wildman–Crippen MR) is 88.5 cm³/mol. The number of amides is 1. The van der Waals surface area contributed by atoms with Crippen molar-refractivity contribution in [3.8, 4) is 0 Å². The zero-order chi connectivity index (χ0) is 15.1. The summed E-state index contributed by atoms with van der Waals surface area (Å²) in [6.07, 6.45) is 0.106. The van der Waals surface area contributed by atoms with Gasteiger partial charge in [-0.25, -0.2) is 0 Å². The van der Waals surface area contributed by atoms with Gasteiger partial charge in [0.25, 0.3) is 0 Å². The maximum absolute atomic E-state index is 12.3. The highest BCUT2D eigenvalue weighted by Crippen LogP contribution is 2.11. The number of carbonyl (C=O) groups is 1. The molecular formula is C17H18N2OS. The fourth-order valence-corrected chi connectivity index (χ4v) is 2.22. The zero-order valence-electron chi connectivity index (χ0n) is 11.7. The Morgan fingerprint density at radius 1 is 0.905 bits per heavy atom. The van der Waals surface area contributed by atoms with Gasteiger partial charge in [0, 0.05) is 13.1 Å². The highest BCUT2D eigenvalue weighted by molar-refractivity contribution is 7.80. The standard InChI is InChI=1S/C17H18N2OS/c18-16(21)11-17(20)19(12-14-7-3-1-4-8-14)13-15-9-5-2-6-10-15/h1-10H,11-13H2,(H2,18,21). The van der Waals surface area contributed by atoms with Crippen LogP contribution in [0.2, 0.25) is 0 Å². The average Bonchev–Trinajstić information content (AvgIpc) is 2.48. The van der Waals surface area contributed by atoms with Crippen molar-refractivity contribution in [2.75, 3.05) is 0 Å². The molecule has 0 radical (unpaired) electrons. The predicted octanol–water partition coefficient (Wildman–Crippen LogP) is 2.89. The molecule has 0 bridgehead atoms. The van der Waals surface area contributed by atoms with Crippen molar-refractivity contribution in [1.29, 1.82) is 0 Å². The Kier molecular flexibility index (Phi) is 5.46. The van der Waals surface area contributed by atoms with Crippen LogP contribution in [0, 0.1) is 0 Å². The highest BCUT2D eigenvalue weighted by atomic mass is 32.1. The van der Waals surface area contributed by atoms with Gasteiger partial charge in [-0.2, -0.15) is 0 Å². The van der Waals surface area contributed by atoms with E-state index in [1.807, 2.05) is 60.7 Å². The van der Waals surface area contributed by atoms with Crippen molar-refractivity contribution in [3.05, 3.63) is 71.8 Å². The molecule has 2 aromatic rings. The minimum Gasteiger partial charge on any atom is -0.393 e. The number of benzene rings is 2. The van der Waals surface area contributed by atoms with E-state index in [1.54, 1.807) is 4.90 Å². The molecule has 0 atom stereocenters. The first-order valence-corrected chi connectivity index (χ1v) is 7.20. The third-order valence-electron chi connectivity index (χ3n) is 3.11. The van der Waals surface area contributed by atoms with Gasteiger partial charge in [0.15, 0.2) is 0 Å². The number of carbonyl (C=O) groups excluding carboxylic acids is 1. The van der Waals surface area contributed by atoms with Crippen LogP contribution < -0.4 is 5.73 Å². The number of rotatable bonds is 6. The van der Waals surface area contributed by atoms with Crippen molar-refractivity contribution in [1.82, 2.24) is 4.90 Å². The first kappa shape index (κ1) is 15.2. The van der Waals surface area contributed by atoms with Gasteiger partial charge >= 0.3 is 0 Å². The topological polar surface area (TPSA) is 46.3 Å². The van der Waals surface area contributed by atoms with Crippen LogP contribution in [0.1, 0.15) is 17.5 Å². The van der Waals surface area contributed by atoms with E-state index in [2.05, 4.69) is 0 Å². The molecule has 0 saturated carbocycles. The maximum atomic E-state index is 12.3. The molecule has 21 heavy (non-hydrogen) atoms. The van der Waals surface area contributed by atoms with Crippen molar-refractivity contribution in [2.24, 2.45) is 5.73 Å². The van der Waals surface area contributed by atoms with Gasteiger partial charge in [-0.1, -0.05) is 72.9 Å². The summed E-state index contributed by atoms with van der Waals surface area (Å²) in [7, 11) is 0. The molecule has 2 N–H and O–H groups in total. The van der Waals surface area contributed by atoms with E-state index in [0.717, 1.165) is 11.1 Å². The maximum Gasteiger partial charge on any atom is 0.229 e. The first-order valence-electron chi connectivity index (χ1n) is 6.79. The minimum atomic E-state index is -0.0461. The van der Waals surface area contributed by atoms with E-state index in [0.29, 0.717) is 13.1 Å². The smallest absolute Gasteiger partial charge is 0.229 e. The number of hydrogen-bond donors (Lipinski definition) is 1. The number of thiocarbonyl (C=S) groups is 1. The molecule has 0 aliphatic rings. The summed E-state index contributed by atoms with van der Waals surface area (Å²) in [5.41, 5.74) is 7.68. The van der Waals surface area contributed by atoms with Crippen LogP contribution in [-0.4, -0.2) is 15.8 Å². The molecule has 0 fully saturated rings. The molecule has 0 aromatic heterocycles. The van der Waals surface area contributed by atoms with Crippen molar-refractivity contribution >= 4 is 23.1 Å². The third-order valence-corrected chi connectivity index (χ3v) is 3.26. The van der Waals surface area contributed by atoms with Crippen LogP contribution >= 0.6 is 12.2 Å². The number of nitrogens with zero attached hydrogens (tertiary/aromatic N) is 1. The molecule has 2 aromatic carbocycles. The van der Waals surface area contributed by atoms with E-state index in [4.69, 9.17) is 18.0 Å². The van der Waals surface area contributed by atoms with Gasteiger partial charge in [0.2, 0.25) is 5.91 Å². The lowest BCUT2D eigenvalue weighted by molar-refractivity contribution is -0.131. The Hall–Kier alpha value is -2.20. The molecule has 0 aliphatic carbocycles. The van der Waals surface area contributed by atoms with E-state index in [-0.39, 0.29) is 17.3 Å². The third kappa shape index (κ3) is 5.00. The summed E-state index contributed by atoms with van der Waals surface area (Å²) >= 11 is 4.85. The molecule has 0 saturated heterocycles. The van der Waals surface area contributed by atoms with Gasteiger partial charge in [-0.05, 0) is 11.1 Å². The van der Waals surface area contributed by atoms with Crippen molar-refractivity contribution < 1.29 is 4.79 Å². The van der Waals surface area contributed by atoms with Crippen LogP contribution in [0.15, 0.2) is 60.7 Å². The summed E-state index contributed by atoms with van der Waals surface area (Å²) in [5, 5.41) is 0. The van der Waals surface area contributed by atoms with E-state index in [9.17, 15) is 4.79 Å². The van der Waals surface area contributed by atoms with Gasteiger partial charge in [-0.3, -0.25) is 4.79 Å². The fraction of sp³-hybridized carbons (Fsp3) is 0.176. The van der Waals surface area contributed by atoms with E-state index < -0.39 is 0 Å². The summed E-state index contributed by atoms with van der Waals surface area (Å²) in [6.45, 7) is 1.11. The van der Waals surface area contributed by atoms with Gasteiger partial charge < -0.3 is 10.6 Å². The van der Waals surface area contributed by atoms with Crippen LogP contribution in [0.5, 0.6) is 0 Å². The quantitative estimate of drug-likeness (QED) is 0.834. The molecule has 0 spiro atoms. The second kappa shape index (κ2) is 7.55. The van der Waals surface area contributed by atoms with Crippen molar-refractivity contribution in [2.45, 2.75) is 19.5 Å². The number of nitrogens with two attached hydrogens (primary N) is 1. The Morgan fingerprint density at radius 2 is 1.33 bits per heavy atom. The highest BCUT2D eigenvalue weighted by Gasteiger charge is 2.15. The molecule has 0 heterocycles. The van der Waals surface area contributed by atoms with Gasteiger partial charge in [0.1, 0.15) is 0 Å². The Balaban J connectivity index is 2.13. The molecule has 2 rings (SSSR count). The molecule has 1 amide bonds. The second-order valence-corrected chi connectivity index (χ2v) is 5.39. The van der Waals surface area contributed by atoms with Crippen LogP contribution in [-0.2, 0) is 17.9 Å². The van der Waals surface area contributed by atoms with Gasteiger partial charge in [0.05, 0.1) is 11.4 Å². The van der Waals surface area contributed by atoms with Crippen LogP contribution in [0.4, 0.5) is 0 Å². The minimum absolute atomic E-state index is 0.0461. The van der Waals surface area contributed by atoms with E-state index >= 15 is 0 Å². The molecular weight excluding hydrogens is 280 g/mol. The second-order valence-electron chi connectivity index (χ2n) is 4.86. The summed E-state index contributed by atoms with van der Waals surface area (Å²) in [5.74, 6) is -0.0461. The first-order chi connectivity index (χ1) is 10.1. The SMILES string of the molecule is NC(=S)CC(=O)N(Cc1ccccc1)Cc1ccccc1. The fourth-order valence-electron chi connectivity index (χ4n) is 2.10. The molecule has 0 aliphatic heterocycles. The summed E-state index contributed by atoms with van der Waals surface area (Å²) in [4.78, 5) is 14.3. The molecule has 108 valence electrons. The largest absolute Gasteiger partial charge is 0.393 e. The van der Waals surface area contributed by atoms with Crippen molar-refractivity contribution in [3.63, 3.8) is 0 Å². The monoisotopic (exact) mass is 298 g/mol. The van der Waals surface area contributed by atoms with E-state index in [1.165, 1.54) is 0 Å². The van der Waals surface area contributed by atoms with Crippen LogP contribution in [0.25, 0.3) is 0 Å².